The van der Waals surface area contributed by atoms with Crippen LogP contribution < -0.4 is 15.5 Å². The van der Waals surface area contributed by atoms with Crippen molar-refractivity contribution in [2.45, 2.75) is 45.0 Å². The lowest BCUT2D eigenvalue weighted by atomic mass is 10.1. The molecule has 0 saturated carbocycles. The molecule has 1 aromatic rings. The Balaban J connectivity index is 2.32. The number of anilines is 2. The number of alkyl carbamates (subject to hydrolysis) is 1. The molecule has 0 aromatic heterocycles. The van der Waals surface area contributed by atoms with Crippen LogP contribution in [0.3, 0.4) is 0 Å². The van der Waals surface area contributed by atoms with Crippen molar-refractivity contribution in [3.05, 3.63) is 23.8 Å². The first-order chi connectivity index (χ1) is 11.6. The van der Waals surface area contributed by atoms with Gasteiger partial charge in [0.1, 0.15) is 5.60 Å². The van der Waals surface area contributed by atoms with Gasteiger partial charge in [-0.3, -0.25) is 10.1 Å². The van der Waals surface area contributed by atoms with Gasteiger partial charge in [-0.25, -0.2) is 4.79 Å². The van der Waals surface area contributed by atoms with Gasteiger partial charge in [-0.15, -0.1) is 0 Å². The van der Waals surface area contributed by atoms with Crippen molar-refractivity contribution in [2.75, 3.05) is 17.3 Å². The van der Waals surface area contributed by atoms with Gasteiger partial charge in [0.05, 0.1) is 29.4 Å². The number of carboxylic acid groups (broad SMARTS) is 1. The fourth-order valence-electron chi connectivity index (χ4n) is 2.68. The van der Waals surface area contributed by atoms with Crippen LogP contribution in [0, 0.1) is 11.3 Å². The van der Waals surface area contributed by atoms with E-state index in [9.17, 15) is 9.59 Å². The van der Waals surface area contributed by atoms with Crippen LogP contribution in [0.4, 0.5) is 16.2 Å². The summed E-state index contributed by atoms with van der Waals surface area (Å²) in [6, 6.07) is 7.13. The Morgan fingerprint density at radius 3 is 2.68 bits per heavy atom. The van der Waals surface area contributed by atoms with E-state index < -0.39 is 23.5 Å². The van der Waals surface area contributed by atoms with Gasteiger partial charge in [-0.2, -0.15) is 5.26 Å². The first kappa shape index (κ1) is 18.4. The first-order valence-electron chi connectivity index (χ1n) is 7.85. The molecule has 2 rings (SSSR count). The largest absolute Gasteiger partial charge is 0.481 e. The molecule has 25 heavy (non-hydrogen) atoms. The summed E-state index contributed by atoms with van der Waals surface area (Å²) in [6.45, 7) is 5.24. The molecule has 0 radical (unpaired) electrons. The molecule has 1 atom stereocenters. The van der Waals surface area contributed by atoms with E-state index in [0.29, 0.717) is 11.3 Å². The molecule has 8 heteroatoms. The standard InChI is InChI=1S/C17H22N4O4/c1-16(2,3)25-15(24)20-17(8-7-14(22)23)19-12-9-11(10-18)5-6-13(12)21(17)4/h5-6,9,19H,7-8H2,1-4H3,(H,20,24)(H,22,23)/t17-/m0/s1. The van der Waals surface area contributed by atoms with E-state index in [1.165, 1.54) is 0 Å². The quantitative estimate of drug-likeness (QED) is 0.767. The zero-order chi connectivity index (χ0) is 18.8. The van der Waals surface area contributed by atoms with Gasteiger partial charge in [0.2, 0.25) is 0 Å². The molecule has 0 unspecified atom stereocenters. The number of nitrogens with zero attached hydrogens (tertiary/aromatic N) is 2. The monoisotopic (exact) mass is 346 g/mol. The summed E-state index contributed by atoms with van der Waals surface area (Å²) >= 11 is 0. The predicted molar refractivity (Wildman–Crippen MR) is 92.2 cm³/mol. The minimum atomic E-state index is -1.16. The highest BCUT2D eigenvalue weighted by molar-refractivity contribution is 5.82. The average Bonchev–Trinajstić information content (AvgIpc) is 2.75. The number of fused-ring (bicyclic) bond motifs is 1. The summed E-state index contributed by atoms with van der Waals surface area (Å²) < 4.78 is 5.31. The van der Waals surface area contributed by atoms with Crippen LogP contribution in [0.25, 0.3) is 0 Å². The molecule has 0 spiro atoms. The Labute approximate surface area is 146 Å². The number of rotatable bonds is 4. The molecule has 0 fully saturated rings. The van der Waals surface area contributed by atoms with Gasteiger partial charge in [-0.1, -0.05) is 0 Å². The van der Waals surface area contributed by atoms with Gasteiger partial charge in [0, 0.05) is 13.5 Å². The van der Waals surface area contributed by atoms with Crippen molar-refractivity contribution >= 4 is 23.4 Å². The van der Waals surface area contributed by atoms with Crippen LogP contribution in [0.2, 0.25) is 0 Å². The third kappa shape index (κ3) is 4.12. The third-order valence-electron chi connectivity index (χ3n) is 3.81. The molecule has 0 aliphatic carbocycles. The Kier molecular flexibility index (Phi) is 4.79. The number of carbonyl (C=O) groups excluding carboxylic acids is 1. The lowest BCUT2D eigenvalue weighted by molar-refractivity contribution is -0.137. The van der Waals surface area contributed by atoms with Gasteiger partial charge < -0.3 is 20.1 Å². The highest BCUT2D eigenvalue weighted by atomic mass is 16.6. The van der Waals surface area contributed by atoms with E-state index in [-0.39, 0.29) is 12.8 Å². The molecule has 8 nitrogen and oxygen atoms in total. The maximum Gasteiger partial charge on any atom is 0.410 e. The molecule has 3 N–H and O–H groups in total. The summed E-state index contributed by atoms with van der Waals surface area (Å²) in [4.78, 5) is 25.1. The smallest absolute Gasteiger partial charge is 0.410 e. The van der Waals surface area contributed by atoms with Crippen molar-refractivity contribution in [1.29, 1.82) is 5.26 Å². The summed E-state index contributed by atoms with van der Waals surface area (Å²) in [6.07, 6.45) is -0.716. The molecule has 0 bridgehead atoms. The zero-order valence-corrected chi connectivity index (χ0v) is 14.7. The lowest BCUT2D eigenvalue weighted by Crippen LogP contribution is -2.62. The van der Waals surface area contributed by atoms with Crippen molar-refractivity contribution < 1.29 is 19.4 Å². The summed E-state index contributed by atoms with van der Waals surface area (Å²) in [5.41, 5.74) is 1.17. The van der Waals surface area contributed by atoms with E-state index in [4.69, 9.17) is 15.1 Å². The number of nitrogens with one attached hydrogen (secondary N) is 2. The number of hydrogen-bond acceptors (Lipinski definition) is 6. The number of carbonyl (C=O) groups is 2. The lowest BCUT2D eigenvalue weighted by Gasteiger charge is -2.38. The number of benzene rings is 1. The zero-order valence-electron chi connectivity index (χ0n) is 14.7. The molecule has 134 valence electrons. The molecule has 1 aromatic carbocycles. The van der Waals surface area contributed by atoms with Crippen molar-refractivity contribution in [3.63, 3.8) is 0 Å². The van der Waals surface area contributed by atoms with E-state index in [0.717, 1.165) is 5.69 Å². The molecular formula is C17H22N4O4. The maximum absolute atomic E-state index is 12.3. The fourth-order valence-corrected chi connectivity index (χ4v) is 2.68. The van der Waals surface area contributed by atoms with Gasteiger partial charge >= 0.3 is 12.1 Å². The summed E-state index contributed by atoms with van der Waals surface area (Å²) in [5, 5.41) is 24.0. The highest BCUT2D eigenvalue weighted by Crippen LogP contribution is 2.40. The van der Waals surface area contributed by atoms with Crippen molar-refractivity contribution in [2.24, 2.45) is 0 Å². The summed E-state index contributed by atoms with van der Waals surface area (Å²) in [7, 11) is 1.74. The van der Waals surface area contributed by atoms with Crippen LogP contribution in [0.5, 0.6) is 0 Å². The molecule has 1 aliphatic heterocycles. The Bertz CT molecular complexity index is 735. The molecule has 1 amide bonds. The SMILES string of the molecule is CN1c2ccc(C#N)cc2N[C@@]1(CCC(=O)O)NC(=O)OC(C)(C)C. The second-order valence-corrected chi connectivity index (χ2v) is 6.91. The Morgan fingerprint density at radius 2 is 2.12 bits per heavy atom. The van der Waals surface area contributed by atoms with Crippen LogP contribution >= 0.6 is 0 Å². The average molecular weight is 346 g/mol. The molecule has 0 saturated heterocycles. The van der Waals surface area contributed by atoms with Crippen LogP contribution in [0.15, 0.2) is 18.2 Å². The maximum atomic E-state index is 12.3. The Morgan fingerprint density at radius 1 is 1.44 bits per heavy atom. The van der Waals surface area contributed by atoms with Gasteiger partial charge in [-0.05, 0) is 39.0 Å². The van der Waals surface area contributed by atoms with Crippen molar-refractivity contribution in [1.82, 2.24) is 5.32 Å². The molecule has 1 heterocycles. The second kappa shape index (κ2) is 6.51. The van der Waals surface area contributed by atoms with Gasteiger partial charge in [0.25, 0.3) is 0 Å². The molecular weight excluding hydrogens is 324 g/mol. The topological polar surface area (TPSA) is 115 Å². The van der Waals surface area contributed by atoms with Crippen molar-refractivity contribution in [3.8, 4) is 6.07 Å². The normalized spacial score (nSPS) is 18.8. The van der Waals surface area contributed by atoms with Crippen LogP contribution in [-0.4, -0.2) is 35.6 Å². The number of hydrogen-bond donors (Lipinski definition) is 3. The van der Waals surface area contributed by atoms with E-state index in [2.05, 4.69) is 16.7 Å². The highest BCUT2D eigenvalue weighted by Gasteiger charge is 2.44. The van der Waals surface area contributed by atoms with Crippen LogP contribution in [-0.2, 0) is 9.53 Å². The number of nitriles is 1. The number of amides is 1. The fraction of sp³-hybridized carbons (Fsp3) is 0.471. The van der Waals surface area contributed by atoms with Gasteiger partial charge in [0.15, 0.2) is 5.79 Å². The number of aliphatic carboxylic acids is 1. The Hall–Kier alpha value is -2.95. The van der Waals surface area contributed by atoms with E-state index in [1.54, 1.807) is 50.9 Å². The minimum absolute atomic E-state index is 0.106. The van der Waals surface area contributed by atoms with E-state index in [1.807, 2.05) is 0 Å². The van der Waals surface area contributed by atoms with E-state index >= 15 is 0 Å². The predicted octanol–water partition coefficient (Wildman–Crippen LogP) is 2.46. The summed E-state index contributed by atoms with van der Waals surface area (Å²) in [5.74, 6) is -2.13. The third-order valence-corrected chi connectivity index (χ3v) is 3.81. The van der Waals surface area contributed by atoms with Crippen LogP contribution in [0.1, 0.15) is 39.2 Å². The number of carboxylic acids is 1. The molecule has 1 aliphatic rings. The second-order valence-electron chi connectivity index (χ2n) is 6.91. The first-order valence-corrected chi connectivity index (χ1v) is 7.85. The minimum Gasteiger partial charge on any atom is -0.481 e. The number of ether oxygens (including phenoxy) is 1.